The molecule has 0 fully saturated rings. The molecule has 1 heterocycles. The fraction of sp³-hybridized carbons (Fsp3) is 0.400. The Labute approximate surface area is 150 Å². The molecule has 5 heteroatoms. The molecule has 134 valence electrons. The van der Waals surface area contributed by atoms with Gasteiger partial charge in [-0.15, -0.1) is 0 Å². The molecule has 0 spiro atoms. The summed E-state index contributed by atoms with van der Waals surface area (Å²) in [6.07, 6.45) is 4.75. The fourth-order valence-corrected chi connectivity index (χ4v) is 2.49. The summed E-state index contributed by atoms with van der Waals surface area (Å²) in [5.74, 6) is -0.116. The summed E-state index contributed by atoms with van der Waals surface area (Å²) < 4.78 is 0. The molecular formula is C20H28N4O. The number of anilines is 1. The van der Waals surface area contributed by atoms with E-state index in [1.54, 1.807) is 12.3 Å². The van der Waals surface area contributed by atoms with E-state index >= 15 is 0 Å². The highest BCUT2D eigenvalue weighted by Crippen LogP contribution is 2.08. The van der Waals surface area contributed by atoms with Crippen LogP contribution in [0.5, 0.6) is 0 Å². The first kappa shape index (κ1) is 18.9. The number of hydrogen-bond acceptors (Lipinski definition) is 4. The normalized spacial score (nSPS) is 10.7. The van der Waals surface area contributed by atoms with Gasteiger partial charge in [-0.2, -0.15) is 0 Å². The quantitative estimate of drug-likeness (QED) is 0.653. The third-order valence-corrected chi connectivity index (χ3v) is 3.88. The fourth-order valence-electron chi connectivity index (χ4n) is 2.49. The number of rotatable bonds is 10. The van der Waals surface area contributed by atoms with Crippen LogP contribution in [0.1, 0.15) is 28.9 Å². The van der Waals surface area contributed by atoms with Gasteiger partial charge in [0.1, 0.15) is 5.69 Å². The minimum Gasteiger partial charge on any atom is -0.384 e. The van der Waals surface area contributed by atoms with Crippen molar-refractivity contribution in [3.05, 3.63) is 59.9 Å². The highest BCUT2D eigenvalue weighted by Gasteiger charge is 2.06. The smallest absolute Gasteiger partial charge is 0.269 e. The standard InChI is InChI=1S/C20H28N4O/c1-24(2)15-7-14-22-20(25)19-12-11-18(16-23-19)21-13-6-10-17-8-4-3-5-9-17/h3-5,8-9,11-12,16,21H,6-7,10,13-15H2,1-2H3,(H,22,25). The maximum absolute atomic E-state index is 12.0. The van der Waals surface area contributed by atoms with Gasteiger partial charge in [-0.05, 0) is 57.6 Å². The highest BCUT2D eigenvalue weighted by atomic mass is 16.1. The second kappa shape index (κ2) is 10.5. The number of benzene rings is 1. The molecule has 0 unspecified atom stereocenters. The first-order valence-electron chi connectivity index (χ1n) is 8.82. The average Bonchev–Trinajstić information content (AvgIpc) is 2.63. The van der Waals surface area contributed by atoms with Crippen LogP contribution in [-0.2, 0) is 6.42 Å². The largest absolute Gasteiger partial charge is 0.384 e. The molecule has 2 rings (SSSR count). The molecule has 0 bridgehead atoms. The summed E-state index contributed by atoms with van der Waals surface area (Å²) in [6, 6.07) is 14.1. The Bertz CT molecular complexity index is 626. The lowest BCUT2D eigenvalue weighted by Crippen LogP contribution is -2.27. The molecule has 1 aromatic carbocycles. The number of nitrogens with one attached hydrogen (secondary N) is 2. The molecular weight excluding hydrogens is 312 g/mol. The van der Waals surface area contributed by atoms with Crippen LogP contribution in [0.4, 0.5) is 5.69 Å². The molecule has 0 saturated heterocycles. The summed E-state index contributed by atoms with van der Waals surface area (Å²) in [6.45, 7) is 2.50. The first-order chi connectivity index (χ1) is 12.1. The average molecular weight is 340 g/mol. The molecule has 0 atom stereocenters. The van der Waals surface area contributed by atoms with E-state index in [0.717, 1.165) is 38.0 Å². The maximum Gasteiger partial charge on any atom is 0.269 e. The zero-order valence-electron chi connectivity index (χ0n) is 15.2. The van der Waals surface area contributed by atoms with Crippen LogP contribution >= 0.6 is 0 Å². The molecule has 1 amide bonds. The molecule has 2 aromatic rings. The monoisotopic (exact) mass is 340 g/mol. The van der Waals surface area contributed by atoms with Crippen LogP contribution in [0.25, 0.3) is 0 Å². The van der Waals surface area contributed by atoms with E-state index in [0.29, 0.717) is 12.2 Å². The van der Waals surface area contributed by atoms with Gasteiger partial charge >= 0.3 is 0 Å². The van der Waals surface area contributed by atoms with Crippen molar-refractivity contribution >= 4 is 11.6 Å². The van der Waals surface area contributed by atoms with Crippen molar-refractivity contribution < 1.29 is 4.79 Å². The Hall–Kier alpha value is -2.40. The van der Waals surface area contributed by atoms with Crippen molar-refractivity contribution in [1.82, 2.24) is 15.2 Å². The number of hydrogen-bond donors (Lipinski definition) is 2. The number of nitrogens with zero attached hydrogens (tertiary/aromatic N) is 2. The molecule has 5 nitrogen and oxygen atoms in total. The number of aromatic nitrogens is 1. The van der Waals surface area contributed by atoms with Crippen molar-refractivity contribution in [3.8, 4) is 0 Å². The summed E-state index contributed by atoms with van der Waals surface area (Å²) in [5.41, 5.74) is 2.75. The van der Waals surface area contributed by atoms with Crippen molar-refractivity contribution in [2.45, 2.75) is 19.3 Å². The Morgan fingerprint density at radius 1 is 1.04 bits per heavy atom. The lowest BCUT2D eigenvalue weighted by Gasteiger charge is -2.10. The lowest BCUT2D eigenvalue weighted by molar-refractivity contribution is 0.0947. The van der Waals surface area contributed by atoms with E-state index in [2.05, 4.69) is 44.8 Å². The van der Waals surface area contributed by atoms with Crippen LogP contribution in [0.3, 0.4) is 0 Å². The van der Waals surface area contributed by atoms with Gasteiger partial charge in [0, 0.05) is 13.1 Å². The Kier molecular flexibility index (Phi) is 7.92. The Morgan fingerprint density at radius 2 is 1.84 bits per heavy atom. The van der Waals surface area contributed by atoms with E-state index < -0.39 is 0 Å². The number of pyridine rings is 1. The predicted molar refractivity (Wildman–Crippen MR) is 103 cm³/mol. The molecule has 0 saturated carbocycles. The number of amides is 1. The molecule has 0 aliphatic carbocycles. The molecule has 0 aliphatic rings. The second-order valence-electron chi connectivity index (χ2n) is 6.36. The number of carbonyl (C=O) groups excluding carboxylic acids is 1. The van der Waals surface area contributed by atoms with Crippen molar-refractivity contribution in [1.29, 1.82) is 0 Å². The van der Waals surface area contributed by atoms with E-state index in [9.17, 15) is 4.79 Å². The minimum absolute atomic E-state index is 0.116. The van der Waals surface area contributed by atoms with Crippen LogP contribution in [0, 0.1) is 0 Å². The zero-order chi connectivity index (χ0) is 17.9. The van der Waals surface area contributed by atoms with Gasteiger partial charge in [0.25, 0.3) is 5.91 Å². The maximum atomic E-state index is 12.0. The van der Waals surface area contributed by atoms with Gasteiger partial charge in [0.05, 0.1) is 11.9 Å². The van der Waals surface area contributed by atoms with E-state index in [4.69, 9.17) is 0 Å². The highest BCUT2D eigenvalue weighted by molar-refractivity contribution is 5.92. The van der Waals surface area contributed by atoms with Crippen LogP contribution in [0.2, 0.25) is 0 Å². The molecule has 1 aromatic heterocycles. The summed E-state index contributed by atoms with van der Waals surface area (Å²) >= 11 is 0. The van der Waals surface area contributed by atoms with Crippen molar-refractivity contribution in [2.75, 3.05) is 39.0 Å². The van der Waals surface area contributed by atoms with Gasteiger partial charge in [0.15, 0.2) is 0 Å². The van der Waals surface area contributed by atoms with Crippen LogP contribution in [0.15, 0.2) is 48.7 Å². The van der Waals surface area contributed by atoms with Crippen molar-refractivity contribution in [3.63, 3.8) is 0 Å². The summed E-state index contributed by atoms with van der Waals surface area (Å²) in [4.78, 5) is 18.4. The second-order valence-corrected chi connectivity index (χ2v) is 6.36. The number of aryl methyl sites for hydroxylation is 1. The zero-order valence-corrected chi connectivity index (χ0v) is 15.2. The van der Waals surface area contributed by atoms with E-state index in [-0.39, 0.29) is 5.91 Å². The third kappa shape index (κ3) is 7.35. The Balaban J connectivity index is 1.67. The molecule has 25 heavy (non-hydrogen) atoms. The molecule has 0 aliphatic heterocycles. The topological polar surface area (TPSA) is 57.3 Å². The predicted octanol–water partition coefficient (Wildman–Crippen LogP) is 2.81. The van der Waals surface area contributed by atoms with Crippen LogP contribution in [-0.4, -0.2) is 49.5 Å². The van der Waals surface area contributed by atoms with Gasteiger partial charge in [-0.25, -0.2) is 4.98 Å². The lowest BCUT2D eigenvalue weighted by atomic mass is 10.1. The third-order valence-electron chi connectivity index (χ3n) is 3.88. The van der Waals surface area contributed by atoms with Gasteiger partial charge < -0.3 is 15.5 Å². The van der Waals surface area contributed by atoms with E-state index in [1.807, 2.05) is 26.2 Å². The Morgan fingerprint density at radius 3 is 2.52 bits per heavy atom. The molecule has 2 N–H and O–H groups in total. The first-order valence-corrected chi connectivity index (χ1v) is 8.82. The SMILES string of the molecule is CN(C)CCCNC(=O)c1ccc(NCCCc2ccccc2)cn1. The number of carbonyl (C=O) groups is 1. The van der Waals surface area contributed by atoms with E-state index in [1.165, 1.54) is 5.56 Å². The van der Waals surface area contributed by atoms with Gasteiger partial charge in [-0.1, -0.05) is 30.3 Å². The van der Waals surface area contributed by atoms with Crippen molar-refractivity contribution in [2.24, 2.45) is 0 Å². The summed E-state index contributed by atoms with van der Waals surface area (Å²) in [7, 11) is 4.05. The minimum atomic E-state index is -0.116. The summed E-state index contributed by atoms with van der Waals surface area (Å²) in [5, 5.41) is 6.24. The van der Waals surface area contributed by atoms with Gasteiger partial charge in [0.2, 0.25) is 0 Å². The molecule has 0 radical (unpaired) electrons. The van der Waals surface area contributed by atoms with Gasteiger partial charge in [-0.3, -0.25) is 4.79 Å². The van der Waals surface area contributed by atoms with Crippen LogP contribution < -0.4 is 10.6 Å².